The molecule has 2 N–H and O–H groups in total. The van der Waals surface area contributed by atoms with E-state index in [0.29, 0.717) is 18.1 Å². The second-order valence-electron chi connectivity index (χ2n) is 9.08. The maximum absolute atomic E-state index is 9.04. The predicted molar refractivity (Wildman–Crippen MR) is 130 cm³/mol. The van der Waals surface area contributed by atoms with Crippen molar-refractivity contribution >= 4 is 35.3 Å². The van der Waals surface area contributed by atoms with Gasteiger partial charge in [0.1, 0.15) is 0 Å². The third-order valence-electron chi connectivity index (χ3n) is 6.78. The molecule has 0 aliphatic carbocycles. The number of nitrogens with one attached hydrogen (secondary N) is 1. The van der Waals surface area contributed by atoms with Crippen molar-refractivity contribution in [3.63, 3.8) is 0 Å². The maximum Gasteiger partial charge on any atom is 0.351 e. The SMILES string of the molecule is O=C([O-])C(=O)O.SCC(CC1CCC(CC[NH+]2CCCCC2)O1)c1cccc2ccccc12. The summed E-state index contributed by atoms with van der Waals surface area (Å²) < 4.78 is 6.47. The van der Waals surface area contributed by atoms with E-state index in [1.54, 1.807) is 4.90 Å². The summed E-state index contributed by atoms with van der Waals surface area (Å²) in [5.41, 5.74) is 1.44. The summed E-state index contributed by atoms with van der Waals surface area (Å²) >= 11 is 4.70. The van der Waals surface area contributed by atoms with Gasteiger partial charge in [-0.2, -0.15) is 12.6 Å². The summed E-state index contributed by atoms with van der Waals surface area (Å²) in [5, 5.41) is 19.0. The van der Waals surface area contributed by atoms with E-state index in [2.05, 4.69) is 42.5 Å². The van der Waals surface area contributed by atoms with Crippen LogP contribution in [0, 0.1) is 0 Å². The van der Waals surface area contributed by atoms with Crippen LogP contribution >= 0.6 is 12.6 Å². The number of quaternary nitrogens is 1. The predicted octanol–water partition coefficient (Wildman–Crippen LogP) is 2.07. The lowest BCUT2D eigenvalue weighted by molar-refractivity contribution is -0.905. The molecule has 0 bridgehead atoms. The molecule has 2 heterocycles. The Kier molecular flexibility index (Phi) is 10.0. The molecule has 2 aliphatic heterocycles. The first-order valence-electron chi connectivity index (χ1n) is 12.0. The molecule has 0 aromatic heterocycles. The van der Waals surface area contributed by atoms with Crippen molar-refractivity contribution < 1.29 is 29.4 Å². The zero-order chi connectivity index (χ0) is 23.6. The lowest BCUT2D eigenvalue weighted by Gasteiger charge is -2.25. The fraction of sp³-hybridized carbons (Fsp3) is 0.538. The van der Waals surface area contributed by atoms with E-state index in [4.69, 9.17) is 37.2 Å². The summed E-state index contributed by atoms with van der Waals surface area (Å²) in [6.45, 7) is 4.05. The van der Waals surface area contributed by atoms with Crippen LogP contribution < -0.4 is 10.0 Å². The zero-order valence-electron chi connectivity index (χ0n) is 19.1. The molecule has 0 saturated carbocycles. The highest BCUT2D eigenvalue weighted by atomic mass is 32.1. The van der Waals surface area contributed by atoms with Crippen LogP contribution in [-0.2, 0) is 14.3 Å². The Morgan fingerprint density at radius 3 is 2.42 bits per heavy atom. The number of rotatable bonds is 7. The topological polar surface area (TPSA) is 91.1 Å². The summed E-state index contributed by atoms with van der Waals surface area (Å²) in [5.74, 6) is -2.66. The Morgan fingerprint density at radius 2 is 1.73 bits per heavy atom. The number of benzene rings is 2. The van der Waals surface area contributed by atoms with Gasteiger partial charge in [0.25, 0.3) is 0 Å². The molecule has 0 radical (unpaired) electrons. The summed E-state index contributed by atoms with van der Waals surface area (Å²) in [6.07, 6.45) is 9.96. The Bertz CT molecular complexity index is 897. The van der Waals surface area contributed by atoms with Crippen LogP contribution in [0.4, 0.5) is 0 Å². The van der Waals surface area contributed by atoms with Crippen molar-refractivity contribution in [3.8, 4) is 0 Å². The number of carbonyl (C=O) groups is 2. The average molecular weight is 474 g/mol. The minimum atomic E-state index is -2.07. The van der Waals surface area contributed by atoms with Gasteiger partial charge in [0.05, 0.1) is 31.8 Å². The Labute approximate surface area is 201 Å². The first-order valence-corrected chi connectivity index (χ1v) is 12.6. The number of fused-ring (bicyclic) bond motifs is 1. The number of hydrogen-bond acceptors (Lipinski definition) is 5. The molecule has 3 unspecified atom stereocenters. The number of ether oxygens (including phenoxy) is 1. The average Bonchev–Trinajstić information content (AvgIpc) is 3.29. The first-order chi connectivity index (χ1) is 16.0. The van der Waals surface area contributed by atoms with Gasteiger partial charge in [-0.25, -0.2) is 4.79 Å². The van der Waals surface area contributed by atoms with Crippen LogP contribution in [0.1, 0.15) is 56.4 Å². The highest BCUT2D eigenvalue weighted by Crippen LogP contribution is 2.34. The fourth-order valence-corrected chi connectivity index (χ4v) is 5.40. The minimum absolute atomic E-state index is 0.405. The molecule has 6 nitrogen and oxygen atoms in total. The van der Waals surface area contributed by atoms with Crippen LogP contribution in [0.5, 0.6) is 0 Å². The van der Waals surface area contributed by atoms with Gasteiger partial charge < -0.3 is 24.6 Å². The molecule has 3 atom stereocenters. The summed E-state index contributed by atoms with van der Waals surface area (Å²) in [4.78, 5) is 19.8. The van der Waals surface area contributed by atoms with Crippen LogP contribution in [0.25, 0.3) is 10.8 Å². The Balaban J connectivity index is 0.000000454. The van der Waals surface area contributed by atoms with E-state index in [1.165, 1.54) is 74.5 Å². The first kappa shape index (κ1) is 25.5. The van der Waals surface area contributed by atoms with Gasteiger partial charge in [-0.1, -0.05) is 42.5 Å². The van der Waals surface area contributed by atoms with Gasteiger partial charge >= 0.3 is 5.97 Å². The molecule has 0 amide bonds. The molecule has 4 rings (SSSR count). The molecular weight excluding hydrogens is 438 g/mol. The lowest BCUT2D eigenvalue weighted by atomic mass is 9.90. The van der Waals surface area contributed by atoms with Crippen LogP contribution in [-0.4, -0.2) is 54.6 Å². The van der Waals surface area contributed by atoms with Crippen molar-refractivity contribution in [2.24, 2.45) is 0 Å². The lowest BCUT2D eigenvalue weighted by Crippen LogP contribution is -3.12. The zero-order valence-corrected chi connectivity index (χ0v) is 20.0. The van der Waals surface area contributed by atoms with Crippen molar-refractivity contribution in [1.29, 1.82) is 0 Å². The third kappa shape index (κ3) is 7.73. The molecule has 0 spiro atoms. The molecular formula is C26H35NO5S. The van der Waals surface area contributed by atoms with Crippen molar-refractivity contribution in [1.82, 2.24) is 0 Å². The molecule has 7 heteroatoms. The number of carbonyl (C=O) groups excluding carboxylic acids is 1. The number of carboxylic acids is 2. The number of carboxylic acid groups (broad SMARTS) is 2. The third-order valence-corrected chi connectivity index (χ3v) is 7.22. The van der Waals surface area contributed by atoms with E-state index in [1.807, 2.05) is 0 Å². The number of thiol groups is 1. The number of aliphatic carboxylic acids is 2. The largest absolute Gasteiger partial charge is 0.539 e. The van der Waals surface area contributed by atoms with Crippen molar-refractivity contribution in [2.45, 2.75) is 63.1 Å². The second-order valence-corrected chi connectivity index (χ2v) is 9.45. The van der Waals surface area contributed by atoms with Crippen LogP contribution in [0.15, 0.2) is 42.5 Å². The van der Waals surface area contributed by atoms with Gasteiger partial charge in [0.15, 0.2) is 5.97 Å². The highest BCUT2D eigenvalue weighted by Gasteiger charge is 2.29. The molecule has 2 aliphatic rings. The monoisotopic (exact) mass is 473 g/mol. The molecule has 33 heavy (non-hydrogen) atoms. The van der Waals surface area contributed by atoms with Gasteiger partial charge in [0, 0.05) is 6.42 Å². The maximum atomic E-state index is 9.04. The standard InChI is InChI=1S/C24H33NOS.C2H2O4/c27-18-20(24-10-6-8-19-7-2-3-9-23(19)24)17-22-12-11-21(26-22)13-16-25-14-4-1-5-15-25;3-1(4)2(5)6/h2-3,6-10,20-22,27H,1,4-5,11-18H2;(H,3,4)(H,5,6). The molecule has 2 fully saturated rings. The van der Waals surface area contributed by atoms with Crippen LogP contribution in [0.2, 0.25) is 0 Å². The molecule has 2 aromatic carbocycles. The van der Waals surface area contributed by atoms with E-state index >= 15 is 0 Å². The normalized spacial score (nSPS) is 21.8. The summed E-state index contributed by atoms with van der Waals surface area (Å²) in [7, 11) is 0. The molecule has 180 valence electrons. The number of hydrogen-bond donors (Lipinski definition) is 3. The molecule has 2 aromatic rings. The number of piperidine rings is 1. The van der Waals surface area contributed by atoms with Gasteiger partial charge in [-0.3, -0.25) is 0 Å². The van der Waals surface area contributed by atoms with Gasteiger partial charge in [-0.05, 0) is 66.5 Å². The quantitative estimate of drug-likeness (QED) is 0.423. The van der Waals surface area contributed by atoms with Crippen molar-refractivity contribution in [2.75, 3.05) is 25.4 Å². The molecule has 2 saturated heterocycles. The van der Waals surface area contributed by atoms with Gasteiger partial charge in [-0.15, -0.1) is 0 Å². The van der Waals surface area contributed by atoms with E-state index in [0.717, 1.165) is 12.2 Å². The second kappa shape index (κ2) is 13.0. The Hall–Kier alpha value is -2.09. The fourth-order valence-electron chi connectivity index (χ4n) is 5.06. The van der Waals surface area contributed by atoms with Gasteiger partial charge in [0.2, 0.25) is 0 Å². The number of likely N-dealkylation sites (tertiary alicyclic amines) is 1. The summed E-state index contributed by atoms with van der Waals surface area (Å²) in [6, 6.07) is 15.4. The Morgan fingerprint density at radius 1 is 1.06 bits per heavy atom. The smallest absolute Gasteiger partial charge is 0.351 e. The minimum Gasteiger partial charge on any atom is -0.539 e. The highest BCUT2D eigenvalue weighted by molar-refractivity contribution is 7.80. The van der Waals surface area contributed by atoms with E-state index in [-0.39, 0.29) is 0 Å². The van der Waals surface area contributed by atoms with Crippen LogP contribution in [0.3, 0.4) is 0 Å². The van der Waals surface area contributed by atoms with Crippen molar-refractivity contribution in [3.05, 3.63) is 48.0 Å². The van der Waals surface area contributed by atoms with E-state index < -0.39 is 11.9 Å². The van der Waals surface area contributed by atoms with E-state index in [9.17, 15) is 0 Å².